The van der Waals surface area contributed by atoms with Crippen molar-refractivity contribution in [3.05, 3.63) is 77.5 Å². The predicted molar refractivity (Wildman–Crippen MR) is 95.5 cm³/mol. The Morgan fingerprint density at radius 2 is 1.92 bits per heavy atom. The number of hydrogen-bond acceptors (Lipinski definition) is 5. The predicted octanol–water partition coefficient (Wildman–Crippen LogP) is 3.75. The van der Waals surface area contributed by atoms with E-state index in [1.54, 1.807) is 16.9 Å². The maximum absolute atomic E-state index is 5.89. The molecular formula is C18H14ClN5O. The summed E-state index contributed by atoms with van der Waals surface area (Å²) in [7, 11) is 0. The van der Waals surface area contributed by atoms with Gasteiger partial charge in [0.25, 0.3) is 0 Å². The number of rotatable bonds is 4. The van der Waals surface area contributed by atoms with Crippen molar-refractivity contribution < 1.29 is 4.42 Å². The summed E-state index contributed by atoms with van der Waals surface area (Å²) in [6.45, 7) is 0. The van der Waals surface area contributed by atoms with E-state index in [1.807, 2.05) is 48.7 Å². The number of benzene rings is 1. The zero-order valence-electron chi connectivity index (χ0n) is 13.1. The number of nitrogens with zero attached hydrogens (tertiary/aromatic N) is 4. The Morgan fingerprint density at radius 3 is 2.64 bits per heavy atom. The number of furan rings is 1. The Balaban J connectivity index is 1.55. The Hall–Kier alpha value is -3.12. The molecule has 3 heterocycles. The van der Waals surface area contributed by atoms with Gasteiger partial charge in [-0.2, -0.15) is 0 Å². The molecule has 0 aliphatic rings. The monoisotopic (exact) mass is 351 g/mol. The Kier molecular flexibility index (Phi) is 3.95. The highest BCUT2D eigenvalue weighted by molar-refractivity contribution is 6.28. The first-order valence-corrected chi connectivity index (χ1v) is 8.03. The number of nitrogens with two attached hydrogens (primary N) is 1. The van der Waals surface area contributed by atoms with Crippen LogP contribution in [0.5, 0.6) is 0 Å². The van der Waals surface area contributed by atoms with Gasteiger partial charge in [0.05, 0.1) is 11.9 Å². The fraction of sp³-hybridized carbons (Fsp3) is 0.0556. The van der Waals surface area contributed by atoms with E-state index in [2.05, 4.69) is 15.3 Å². The van der Waals surface area contributed by atoms with E-state index in [-0.39, 0.29) is 0 Å². The Morgan fingerprint density at radius 1 is 1.08 bits per heavy atom. The molecule has 0 atom stereocenters. The molecule has 0 fully saturated rings. The van der Waals surface area contributed by atoms with E-state index in [9.17, 15) is 0 Å². The van der Waals surface area contributed by atoms with Gasteiger partial charge in [-0.1, -0.05) is 17.3 Å². The second-order valence-electron chi connectivity index (χ2n) is 5.53. The first kappa shape index (κ1) is 15.4. The van der Waals surface area contributed by atoms with Gasteiger partial charge < -0.3 is 10.2 Å². The van der Waals surface area contributed by atoms with Gasteiger partial charge in [-0.3, -0.25) is 0 Å². The highest BCUT2D eigenvalue weighted by Crippen LogP contribution is 2.22. The largest absolute Gasteiger partial charge is 0.449 e. The van der Waals surface area contributed by atoms with Crippen LogP contribution in [0.4, 0.5) is 5.82 Å². The van der Waals surface area contributed by atoms with Crippen molar-refractivity contribution in [1.82, 2.24) is 20.0 Å². The zero-order valence-corrected chi connectivity index (χ0v) is 13.9. The van der Waals surface area contributed by atoms with Crippen LogP contribution in [0, 0.1) is 0 Å². The minimum absolute atomic E-state index is 0.399. The van der Waals surface area contributed by atoms with E-state index in [0.717, 1.165) is 22.6 Å². The Bertz CT molecular complexity index is 1010. The van der Waals surface area contributed by atoms with Crippen LogP contribution >= 0.6 is 11.6 Å². The molecule has 0 amide bonds. The summed E-state index contributed by atoms with van der Waals surface area (Å²) < 4.78 is 7.09. The van der Waals surface area contributed by atoms with Crippen molar-refractivity contribution >= 4 is 17.4 Å². The van der Waals surface area contributed by atoms with Crippen molar-refractivity contribution in [2.24, 2.45) is 0 Å². The lowest BCUT2D eigenvalue weighted by molar-refractivity contribution is 0.523. The van der Waals surface area contributed by atoms with Gasteiger partial charge in [-0.05, 0) is 53.6 Å². The number of hydrogen-bond donors (Lipinski definition) is 1. The second kappa shape index (κ2) is 6.41. The first-order chi connectivity index (χ1) is 12.2. The molecule has 0 spiro atoms. The molecule has 0 saturated carbocycles. The van der Waals surface area contributed by atoms with Gasteiger partial charge >= 0.3 is 0 Å². The van der Waals surface area contributed by atoms with Gasteiger partial charge in [-0.15, -0.1) is 5.10 Å². The normalized spacial score (nSPS) is 10.9. The average molecular weight is 352 g/mol. The third-order valence-electron chi connectivity index (χ3n) is 3.82. The first-order valence-electron chi connectivity index (χ1n) is 7.66. The molecule has 3 aromatic heterocycles. The van der Waals surface area contributed by atoms with Crippen molar-refractivity contribution in [2.75, 3.05) is 5.73 Å². The number of anilines is 1. The Labute approximate surface area is 148 Å². The summed E-state index contributed by atoms with van der Waals surface area (Å²) in [5.41, 5.74) is 9.36. The van der Waals surface area contributed by atoms with Crippen molar-refractivity contribution in [3.63, 3.8) is 0 Å². The minimum atomic E-state index is 0.399. The molecule has 0 radical (unpaired) electrons. The maximum atomic E-state index is 5.89. The fourth-order valence-corrected chi connectivity index (χ4v) is 2.72. The third-order valence-corrected chi connectivity index (χ3v) is 4.02. The van der Waals surface area contributed by atoms with Gasteiger partial charge in [0.15, 0.2) is 5.22 Å². The van der Waals surface area contributed by atoms with E-state index in [1.165, 1.54) is 0 Å². The maximum Gasteiger partial charge on any atom is 0.193 e. The van der Waals surface area contributed by atoms with Crippen molar-refractivity contribution in [3.8, 4) is 16.9 Å². The minimum Gasteiger partial charge on any atom is -0.449 e. The molecule has 6 nitrogen and oxygen atoms in total. The topological polar surface area (TPSA) is 82.8 Å². The van der Waals surface area contributed by atoms with Crippen LogP contribution in [0.3, 0.4) is 0 Å². The molecule has 2 N–H and O–H groups in total. The molecule has 124 valence electrons. The molecule has 0 saturated heterocycles. The van der Waals surface area contributed by atoms with Crippen molar-refractivity contribution in [1.29, 1.82) is 0 Å². The van der Waals surface area contributed by atoms with E-state index in [0.29, 0.717) is 23.2 Å². The smallest absolute Gasteiger partial charge is 0.193 e. The lowest BCUT2D eigenvalue weighted by Gasteiger charge is -2.03. The number of pyridine rings is 1. The van der Waals surface area contributed by atoms with Crippen LogP contribution in [0.15, 0.2) is 65.3 Å². The van der Waals surface area contributed by atoms with Gasteiger partial charge in [0.1, 0.15) is 17.3 Å². The summed E-state index contributed by atoms with van der Waals surface area (Å²) in [6, 6.07) is 15.3. The molecule has 4 rings (SSSR count). The van der Waals surface area contributed by atoms with Crippen LogP contribution in [0.2, 0.25) is 5.22 Å². The van der Waals surface area contributed by atoms with E-state index in [4.69, 9.17) is 21.8 Å². The van der Waals surface area contributed by atoms with Crippen LogP contribution in [-0.2, 0) is 6.42 Å². The standard InChI is InChI=1S/C18H14ClN5O/c19-17-8-7-14(25-17)10-12-3-5-13(6-4-12)24-11-16(22-23-24)15-2-1-9-21-18(15)20/h1-9,11H,10H2,(H2,20,21). The fourth-order valence-electron chi connectivity index (χ4n) is 2.56. The SMILES string of the molecule is Nc1ncccc1-c1cn(-c2ccc(Cc3ccc(Cl)o3)cc2)nn1. The lowest BCUT2D eigenvalue weighted by atomic mass is 10.1. The van der Waals surface area contributed by atoms with Gasteiger partial charge in [-0.25, -0.2) is 9.67 Å². The van der Waals surface area contributed by atoms with Crippen LogP contribution in [-0.4, -0.2) is 20.0 Å². The summed E-state index contributed by atoms with van der Waals surface area (Å²) in [6.07, 6.45) is 4.16. The lowest BCUT2D eigenvalue weighted by Crippen LogP contribution is -1.95. The molecule has 1 aromatic carbocycles. The molecule has 0 bridgehead atoms. The van der Waals surface area contributed by atoms with E-state index < -0.39 is 0 Å². The second-order valence-corrected chi connectivity index (χ2v) is 5.91. The van der Waals surface area contributed by atoms with Crippen LogP contribution in [0.25, 0.3) is 16.9 Å². The summed E-state index contributed by atoms with van der Waals surface area (Å²) in [5, 5.41) is 8.75. The molecule has 0 unspecified atom stereocenters. The number of aromatic nitrogens is 4. The quantitative estimate of drug-likeness (QED) is 0.605. The highest BCUT2D eigenvalue weighted by Gasteiger charge is 2.09. The number of halogens is 1. The van der Waals surface area contributed by atoms with Crippen LogP contribution < -0.4 is 5.73 Å². The van der Waals surface area contributed by atoms with Gasteiger partial charge in [0, 0.05) is 18.2 Å². The van der Waals surface area contributed by atoms with E-state index >= 15 is 0 Å². The number of nitrogen functional groups attached to an aromatic ring is 1. The molecule has 0 aliphatic heterocycles. The van der Waals surface area contributed by atoms with Gasteiger partial charge in [0.2, 0.25) is 0 Å². The van der Waals surface area contributed by atoms with Crippen LogP contribution in [0.1, 0.15) is 11.3 Å². The summed E-state index contributed by atoms with van der Waals surface area (Å²) >= 11 is 5.80. The third kappa shape index (κ3) is 3.25. The summed E-state index contributed by atoms with van der Waals surface area (Å²) in [4.78, 5) is 4.07. The van der Waals surface area contributed by atoms with Crippen molar-refractivity contribution in [2.45, 2.75) is 6.42 Å². The zero-order chi connectivity index (χ0) is 17.2. The molecule has 25 heavy (non-hydrogen) atoms. The molecular weight excluding hydrogens is 338 g/mol. The average Bonchev–Trinajstić information content (AvgIpc) is 3.25. The highest BCUT2D eigenvalue weighted by atomic mass is 35.5. The molecule has 4 aromatic rings. The molecule has 7 heteroatoms. The molecule has 0 aliphatic carbocycles. The summed E-state index contributed by atoms with van der Waals surface area (Å²) in [5.74, 6) is 1.26.